The fourth-order valence-corrected chi connectivity index (χ4v) is 2.47. The summed E-state index contributed by atoms with van der Waals surface area (Å²) >= 11 is 0. The predicted molar refractivity (Wildman–Crippen MR) is 91.9 cm³/mol. The molecule has 0 radical (unpaired) electrons. The molecule has 0 amide bonds. The van der Waals surface area contributed by atoms with Gasteiger partial charge in [0, 0.05) is 0 Å². The van der Waals surface area contributed by atoms with Crippen LogP contribution in [-0.4, -0.2) is 11.1 Å². The topological polar surface area (TPSA) is 37.3 Å². The van der Waals surface area contributed by atoms with Crippen molar-refractivity contribution in [1.29, 1.82) is 0 Å². The van der Waals surface area contributed by atoms with Crippen molar-refractivity contribution < 1.29 is 9.90 Å². The van der Waals surface area contributed by atoms with Gasteiger partial charge in [0.05, 0.1) is 5.56 Å². The van der Waals surface area contributed by atoms with Crippen molar-refractivity contribution in [3.05, 3.63) is 70.8 Å². The molecule has 0 bridgehead atoms. The molecule has 0 fully saturated rings. The number of allylic oxidation sites excluding steroid dienone is 1. The molecule has 22 heavy (non-hydrogen) atoms. The number of carbonyl (C=O) groups is 1. The number of carboxylic acids is 1. The summed E-state index contributed by atoms with van der Waals surface area (Å²) in [5.41, 5.74) is 4.85. The Morgan fingerprint density at radius 2 is 1.77 bits per heavy atom. The van der Waals surface area contributed by atoms with Gasteiger partial charge in [-0.2, -0.15) is 0 Å². The minimum Gasteiger partial charge on any atom is -0.478 e. The Labute approximate surface area is 132 Å². The Balaban J connectivity index is 2.21. The van der Waals surface area contributed by atoms with Crippen molar-refractivity contribution in [1.82, 2.24) is 0 Å². The lowest BCUT2D eigenvalue weighted by Crippen LogP contribution is -1.95. The third kappa shape index (κ3) is 4.32. The molecule has 0 spiro atoms. The molecule has 0 saturated heterocycles. The molecule has 0 aliphatic carbocycles. The molecule has 0 aromatic heterocycles. The van der Waals surface area contributed by atoms with E-state index in [1.807, 2.05) is 19.1 Å². The molecule has 0 aliphatic heterocycles. The second-order valence-corrected chi connectivity index (χ2v) is 6.05. The van der Waals surface area contributed by atoms with Gasteiger partial charge < -0.3 is 5.11 Å². The van der Waals surface area contributed by atoms with Gasteiger partial charge >= 0.3 is 5.97 Å². The smallest absolute Gasteiger partial charge is 0.335 e. The molecular weight excluding hydrogens is 272 g/mol. The van der Waals surface area contributed by atoms with Crippen LogP contribution in [0.25, 0.3) is 11.6 Å². The predicted octanol–water partition coefficient (Wildman–Crippen LogP) is 5.14. The molecule has 2 nitrogen and oxygen atoms in total. The molecule has 0 unspecified atom stereocenters. The number of hydrogen-bond donors (Lipinski definition) is 1. The average Bonchev–Trinajstić information content (AvgIpc) is 2.47. The highest BCUT2D eigenvalue weighted by molar-refractivity contribution is 5.89. The Morgan fingerprint density at radius 3 is 2.36 bits per heavy atom. The van der Waals surface area contributed by atoms with Crippen LogP contribution in [0, 0.1) is 5.92 Å². The summed E-state index contributed by atoms with van der Waals surface area (Å²) in [7, 11) is 0. The van der Waals surface area contributed by atoms with Crippen molar-refractivity contribution in [2.24, 2.45) is 5.92 Å². The first-order valence-corrected chi connectivity index (χ1v) is 7.56. The summed E-state index contributed by atoms with van der Waals surface area (Å²) in [6, 6.07) is 15.6. The Kier molecular flexibility index (Phi) is 5.16. The zero-order valence-corrected chi connectivity index (χ0v) is 13.3. The lowest BCUT2D eigenvalue weighted by molar-refractivity contribution is 0.0697. The van der Waals surface area contributed by atoms with Gasteiger partial charge in [-0.25, -0.2) is 4.79 Å². The summed E-state index contributed by atoms with van der Waals surface area (Å²) in [6.45, 7) is 6.48. The van der Waals surface area contributed by atoms with E-state index in [9.17, 15) is 4.79 Å². The molecular formula is C20H22O2. The number of carboxylic acid groups (broad SMARTS) is 1. The first kappa shape index (κ1) is 16.0. The second kappa shape index (κ2) is 7.08. The van der Waals surface area contributed by atoms with Gasteiger partial charge in [-0.1, -0.05) is 56.3 Å². The van der Waals surface area contributed by atoms with Crippen molar-refractivity contribution in [3.63, 3.8) is 0 Å². The van der Waals surface area contributed by atoms with Crippen molar-refractivity contribution in [2.75, 3.05) is 0 Å². The molecule has 2 heteroatoms. The number of aromatic carboxylic acids is 1. The van der Waals surface area contributed by atoms with E-state index >= 15 is 0 Å². The molecule has 1 N–H and O–H groups in total. The van der Waals surface area contributed by atoms with Gasteiger partial charge in [-0.05, 0) is 53.7 Å². The van der Waals surface area contributed by atoms with E-state index in [0.29, 0.717) is 11.5 Å². The lowest BCUT2D eigenvalue weighted by atomic mass is 9.98. The number of rotatable bonds is 5. The van der Waals surface area contributed by atoms with Crippen LogP contribution in [0.5, 0.6) is 0 Å². The summed E-state index contributed by atoms with van der Waals surface area (Å²) < 4.78 is 0. The van der Waals surface area contributed by atoms with Crippen LogP contribution < -0.4 is 0 Å². The highest BCUT2D eigenvalue weighted by Gasteiger charge is 2.03. The van der Waals surface area contributed by atoms with Crippen LogP contribution in [0.15, 0.2) is 48.5 Å². The third-order valence-electron chi connectivity index (χ3n) is 3.57. The fourth-order valence-electron chi connectivity index (χ4n) is 2.47. The van der Waals surface area contributed by atoms with Gasteiger partial charge in [-0.3, -0.25) is 0 Å². The fraction of sp³-hybridized carbons (Fsp3) is 0.250. The Morgan fingerprint density at radius 1 is 1.09 bits per heavy atom. The zero-order chi connectivity index (χ0) is 16.1. The van der Waals surface area contributed by atoms with E-state index in [4.69, 9.17) is 5.11 Å². The van der Waals surface area contributed by atoms with E-state index < -0.39 is 5.97 Å². The molecule has 114 valence electrons. The summed E-state index contributed by atoms with van der Waals surface area (Å²) in [5.74, 6) is -0.243. The highest BCUT2D eigenvalue weighted by Crippen LogP contribution is 2.20. The van der Waals surface area contributed by atoms with E-state index in [-0.39, 0.29) is 0 Å². The summed E-state index contributed by atoms with van der Waals surface area (Å²) in [4.78, 5) is 11.0. The molecule has 2 aromatic carbocycles. The van der Waals surface area contributed by atoms with Crippen LogP contribution >= 0.6 is 0 Å². The zero-order valence-electron chi connectivity index (χ0n) is 13.3. The standard InChI is InChI=1S/C20H22O2/c1-14(2)11-16-7-9-18(10-8-16)15(3)12-17-5-4-6-19(13-17)20(21)22/h4-10,12-14H,11H2,1-3H3,(H,21,22). The van der Waals surface area contributed by atoms with E-state index in [1.165, 1.54) is 5.56 Å². The van der Waals surface area contributed by atoms with E-state index in [0.717, 1.165) is 23.1 Å². The minimum atomic E-state index is -0.897. The van der Waals surface area contributed by atoms with Crippen LogP contribution in [0.1, 0.15) is 47.8 Å². The van der Waals surface area contributed by atoms with Crippen LogP contribution in [0.2, 0.25) is 0 Å². The monoisotopic (exact) mass is 294 g/mol. The molecule has 0 atom stereocenters. The quantitative estimate of drug-likeness (QED) is 0.775. The van der Waals surface area contributed by atoms with Crippen LogP contribution in [-0.2, 0) is 6.42 Å². The maximum absolute atomic E-state index is 11.0. The first-order chi connectivity index (χ1) is 10.5. The van der Waals surface area contributed by atoms with Gasteiger partial charge in [0.15, 0.2) is 0 Å². The molecule has 2 rings (SSSR count). The van der Waals surface area contributed by atoms with E-state index in [2.05, 4.69) is 38.1 Å². The van der Waals surface area contributed by atoms with Crippen molar-refractivity contribution >= 4 is 17.6 Å². The van der Waals surface area contributed by atoms with Gasteiger partial charge in [-0.15, -0.1) is 0 Å². The Hall–Kier alpha value is -2.35. The number of hydrogen-bond acceptors (Lipinski definition) is 1. The molecule has 0 heterocycles. The maximum atomic E-state index is 11.0. The Bertz CT molecular complexity index is 679. The molecule has 2 aromatic rings. The summed E-state index contributed by atoms with van der Waals surface area (Å²) in [6.07, 6.45) is 3.10. The summed E-state index contributed by atoms with van der Waals surface area (Å²) in [5, 5.41) is 9.04. The van der Waals surface area contributed by atoms with Gasteiger partial charge in [0.2, 0.25) is 0 Å². The molecule has 0 saturated carbocycles. The average molecular weight is 294 g/mol. The largest absolute Gasteiger partial charge is 0.478 e. The lowest BCUT2D eigenvalue weighted by Gasteiger charge is -2.07. The van der Waals surface area contributed by atoms with Crippen molar-refractivity contribution in [2.45, 2.75) is 27.2 Å². The van der Waals surface area contributed by atoms with Crippen LogP contribution in [0.4, 0.5) is 0 Å². The maximum Gasteiger partial charge on any atom is 0.335 e. The number of benzene rings is 2. The van der Waals surface area contributed by atoms with Gasteiger partial charge in [0.1, 0.15) is 0 Å². The van der Waals surface area contributed by atoms with Crippen LogP contribution in [0.3, 0.4) is 0 Å². The molecule has 0 aliphatic rings. The van der Waals surface area contributed by atoms with Crippen molar-refractivity contribution in [3.8, 4) is 0 Å². The van der Waals surface area contributed by atoms with E-state index in [1.54, 1.807) is 18.2 Å². The second-order valence-electron chi connectivity index (χ2n) is 6.05. The third-order valence-corrected chi connectivity index (χ3v) is 3.57. The normalized spacial score (nSPS) is 11.7. The van der Waals surface area contributed by atoms with Gasteiger partial charge in [0.25, 0.3) is 0 Å². The SMILES string of the molecule is CC(=Cc1cccc(C(=O)O)c1)c1ccc(CC(C)C)cc1. The highest BCUT2D eigenvalue weighted by atomic mass is 16.4. The first-order valence-electron chi connectivity index (χ1n) is 7.56. The minimum absolute atomic E-state index is 0.314.